The number of nitrogens with one attached hydrogen (secondary N) is 1. The molecule has 0 bridgehead atoms. The first-order valence-corrected chi connectivity index (χ1v) is 7.57. The van der Waals surface area contributed by atoms with Gasteiger partial charge in [-0.25, -0.2) is 0 Å². The standard InChI is InChI=1S/C12H16NO6P.Ca.2H/c14-11(15)6-7-13-12(16)10(20(17,18)19)8-9-4-2-1-3-5-9;;;/h1-5,10H,6-8H2,(H,13,16)(H,14,15)(H2,17,18,19);;;. The summed E-state index contributed by atoms with van der Waals surface area (Å²) in [6, 6.07) is 8.48. The Morgan fingerprint density at radius 3 is 2.24 bits per heavy atom. The number of carboxylic acids is 1. The number of carbonyl (C=O) groups is 2. The van der Waals surface area contributed by atoms with Gasteiger partial charge in [0.2, 0.25) is 5.91 Å². The van der Waals surface area contributed by atoms with Crippen LogP contribution < -0.4 is 5.32 Å². The molecule has 1 amide bonds. The predicted molar refractivity (Wildman–Crippen MR) is 79.8 cm³/mol. The van der Waals surface area contributed by atoms with E-state index in [0.29, 0.717) is 5.56 Å². The van der Waals surface area contributed by atoms with E-state index in [0.717, 1.165) is 0 Å². The van der Waals surface area contributed by atoms with Crippen molar-refractivity contribution in [1.82, 2.24) is 5.32 Å². The van der Waals surface area contributed by atoms with Gasteiger partial charge < -0.3 is 20.2 Å². The summed E-state index contributed by atoms with van der Waals surface area (Å²) in [5.41, 5.74) is -0.895. The average Bonchev–Trinajstić information content (AvgIpc) is 2.35. The van der Waals surface area contributed by atoms with Crippen molar-refractivity contribution < 1.29 is 29.0 Å². The second-order valence-corrected chi connectivity index (χ2v) is 6.03. The molecule has 4 N–H and O–H groups in total. The molecule has 1 aromatic rings. The van der Waals surface area contributed by atoms with Crippen LogP contribution in [-0.2, 0) is 20.6 Å². The molecule has 1 rings (SSSR count). The molecule has 0 saturated heterocycles. The summed E-state index contributed by atoms with van der Waals surface area (Å²) in [5, 5.41) is 10.7. The van der Waals surface area contributed by atoms with Gasteiger partial charge in [-0.1, -0.05) is 30.3 Å². The van der Waals surface area contributed by atoms with E-state index >= 15 is 0 Å². The molecular formula is C12H18CaNO6P. The molecule has 0 spiro atoms. The second kappa shape index (κ2) is 9.56. The summed E-state index contributed by atoms with van der Waals surface area (Å²) >= 11 is 0. The zero-order chi connectivity index (χ0) is 15.2. The first-order chi connectivity index (χ1) is 9.30. The molecular weight excluding hydrogens is 325 g/mol. The van der Waals surface area contributed by atoms with Crippen LogP contribution in [0, 0.1) is 0 Å². The number of hydrogen-bond donors (Lipinski definition) is 4. The van der Waals surface area contributed by atoms with Gasteiger partial charge in [-0.15, -0.1) is 0 Å². The van der Waals surface area contributed by atoms with Crippen molar-refractivity contribution in [1.29, 1.82) is 0 Å². The van der Waals surface area contributed by atoms with Gasteiger partial charge in [0.1, 0.15) is 5.66 Å². The second-order valence-electron chi connectivity index (χ2n) is 4.23. The van der Waals surface area contributed by atoms with Gasteiger partial charge in [-0.3, -0.25) is 14.2 Å². The van der Waals surface area contributed by atoms with E-state index in [1.165, 1.54) is 0 Å². The Kier molecular flexibility index (Phi) is 9.36. The van der Waals surface area contributed by atoms with Crippen molar-refractivity contribution >= 4 is 57.2 Å². The molecule has 7 nitrogen and oxygen atoms in total. The monoisotopic (exact) mass is 343 g/mol. The van der Waals surface area contributed by atoms with Crippen molar-refractivity contribution in [2.75, 3.05) is 6.54 Å². The normalized spacial score (nSPS) is 12.1. The minimum atomic E-state index is -4.62. The number of amides is 1. The van der Waals surface area contributed by atoms with Gasteiger partial charge in [-0.05, 0) is 12.0 Å². The first kappa shape index (κ1) is 20.6. The molecule has 1 aromatic carbocycles. The quantitative estimate of drug-likeness (QED) is 0.389. The summed E-state index contributed by atoms with van der Waals surface area (Å²) in [5.74, 6) is -1.94. The number of benzene rings is 1. The first-order valence-electron chi connectivity index (χ1n) is 5.89. The third kappa shape index (κ3) is 7.95. The molecule has 0 aromatic heterocycles. The fourth-order valence-electron chi connectivity index (χ4n) is 1.61. The van der Waals surface area contributed by atoms with Crippen molar-refractivity contribution in [2.24, 2.45) is 0 Å². The average molecular weight is 343 g/mol. The Morgan fingerprint density at radius 2 is 1.76 bits per heavy atom. The number of carboxylic acid groups (broad SMARTS) is 1. The number of carbonyl (C=O) groups excluding carboxylic acids is 1. The van der Waals surface area contributed by atoms with E-state index in [-0.39, 0.29) is 57.1 Å². The van der Waals surface area contributed by atoms with Crippen molar-refractivity contribution in [2.45, 2.75) is 18.5 Å². The SMILES string of the molecule is O=C(O)CCNC(=O)C(Cc1ccccc1)P(=O)(O)O.[CaH2]. The van der Waals surface area contributed by atoms with Crippen LogP contribution in [0.3, 0.4) is 0 Å². The third-order valence-electron chi connectivity index (χ3n) is 2.62. The fraction of sp³-hybridized carbons (Fsp3) is 0.333. The van der Waals surface area contributed by atoms with Gasteiger partial charge in [0.25, 0.3) is 0 Å². The van der Waals surface area contributed by atoms with Crippen LogP contribution in [-0.4, -0.2) is 76.7 Å². The molecule has 0 heterocycles. The Labute approximate surface area is 151 Å². The van der Waals surface area contributed by atoms with Gasteiger partial charge in [-0.2, -0.15) is 0 Å². The molecule has 0 aliphatic rings. The molecule has 9 heteroatoms. The zero-order valence-corrected chi connectivity index (χ0v) is 11.5. The van der Waals surface area contributed by atoms with Gasteiger partial charge in [0, 0.05) is 6.54 Å². The molecule has 1 atom stereocenters. The van der Waals surface area contributed by atoms with Crippen LogP contribution >= 0.6 is 7.60 Å². The summed E-state index contributed by atoms with van der Waals surface area (Å²) in [6.45, 7) is -0.167. The maximum absolute atomic E-state index is 11.8. The Hall–Kier alpha value is -0.430. The minimum absolute atomic E-state index is 0. The van der Waals surface area contributed by atoms with Gasteiger partial charge in [0.15, 0.2) is 0 Å². The molecule has 0 saturated carbocycles. The summed E-state index contributed by atoms with van der Waals surface area (Å²) < 4.78 is 11.4. The number of rotatable bonds is 7. The van der Waals surface area contributed by atoms with Crippen LogP contribution in [0.4, 0.5) is 0 Å². The Morgan fingerprint density at radius 1 is 1.19 bits per heavy atom. The van der Waals surface area contributed by atoms with E-state index < -0.39 is 25.1 Å². The molecule has 0 aliphatic heterocycles. The molecule has 1 unspecified atom stereocenters. The van der Waals surface area contributed by atoms with E-state index in [9.17, 15) is 23.9 Å². The van der Waals surface area contributed by atoms with Crippen molar-refractivity contribution in [3.63, 3.8) is 0 Å². The van der Waals surface area contributed by atoms with E-state index in [1.54, 1.807) is 30.3 Å². The van der Waals surface area contributed by atoms with Crippen LogP contribution in [0.15, 0.2) is 30.3 Å². The van der Waals surface area contributed by atoms with Crippen molar-refractivity contribution in [3.8, 4) is 0 Å². The molecule has 114 valence electrons. The summed E-state index contributed by atoms with van der Waals surface area (Å²) in [6.07, 6.45) is -0.408. The van der Waals surface area contributed by atoms with Crippen LogP contribution in [0.25, 0.3) is 0 Å². The van der Waals surface area contributed by atoms with E-state index in [2.05, 4.69) is 5.32 Å². The van der Waals surface area contributed by atoms with Crippen LogP contribution in [0.1, 0.15) is 12.0 Å². The molecule has 0 fully saturated rings. The molecule has 0 aliphatic carbocycles. The number of hydrogen-bond acceptors (Lipinski definition) is 3. The molecule has 0 radical (unpaired) electrons. The summed E-state index contributed by atoms with van der Waals surface area (Å²) in [4.78, 5) is 40.6. The zero-order valence-electron chi connectivity index (χ0n) is 10.6. The predicted octanol–water partition coefficient (Wildman–Crippen LogP) is -0.550. The maximum atomic E-state index is 11.8. The number of aliphatic carboxylic acids is 1. The van der Waals surface area contributed by atoms with Crippen LogP contribution in [0.2, 0.25) is 0 Å². The van der Waals surface area contributed by atoms with E-state index in [1.807, 2.05) is 0 Å². The topological polar surface area (TPSA) is 124 Å². The third-order valence-corrected chi connectivity index (χ3v) is 3.85. The Bertz CT molecular complexity index is 518. The molecule has 21 heavy (non-hydrogen) atoms. The Balaban J connectivity index is 0.00000400. The van der Waals surface area contributed by atoms with Gasteiger partial charge in [0.05, 0.1) is 6.42 Å². The van der Waals surface area contributed by atoms with Crippen LogP contribution in [0.5, 0.6) is 0 Å². The van der Waals surface area contributed by atoms with Crippen molar-refractivity contribution in [3.05, 3.63) is 35.9 Å². The van der Waals surface area contributed by atoms with Gasteiger partial charge >= 0.3 is 51.3 Å². The van der Waals surface area contributed by atoms with E-state index in [4.69, 9.17) is 5.11 Å². The summed E-state index contributed by atoms with van der Waals surface area (Å²) in [7, 11) is -4.62. The fourth-order valence-corrected chi connectivity index (χ4v) is 2.46.